The Kier molecular flexibility index (Phi) is 3.66. The van der Waals surface area contributed by atoms with Gasteiger partial charge in [-0.1, -0.05) is 31.2 Å². The fourth-order valence-corrected chi connectivity index (χ4v) is 2.34. The van der Waals surface area contributed by atoms with Gasteiger partial charge < -0.3 is 5.32 Å². The minimum atomic E-state index is 0.371. The fourth-order valence-electron chi connectivity index (χ4n) is 2.34. The Balaban J connectivity index is 2.16. The monoisotopic (exact) mass is 281 g/mol. The second-order valence-corrected chi connectivity index (χ2v) is 5.43. The second-order valence-electron chi connectivity index (χ2n) is 5.43. The summed E-state index contributed by atoms with van der Waals surface area (Å²) in [5.74, 6) is 1.19. The molecule has 1 aromatic carbocycles. The third-order valence-corrected chi connectivity index (χ3v) is 3.43. The highest BCUT2D eigenvalue weighted by Crippen LogP contribution is 2.19. The molecule has 0 bridgehead atoms. The summed E-state index contributed by atoms with van der Waals surface area (Å²) in [6.45, 7) is 5.10. The molecule has 5 heteroatoms. The molecule has 0 atom stereocenters. The third-order valence-electron chi connectivity index (χ3n) is 3.43. The molecule has 2 heterocycles. The number of hydrogen-bond acceptors (Lipinski definition) is 4. The van der Waals surface area contributed by atoms with Crippen molar-refractivity contribution in [2.45, 2.75) is 26.3 Å². The highest BCUT2D eigenvalue weighted by molar-refractivity contribution is 5.75. The topological polar surface area (TPSA) is 55.6 Å². The zero-order valence-electron chi connectivity index (χ0n) is 12.5. The molecule has 1 N–H and O–H groups in total. The molecule has 0 aliphatic heterocycles. The molecule has 5 nitrogen and oxygen atoms in total. The number of fused-ring (bicyclic) bond motifs is 1. The van der Waals surface area contributed by atoms with Gasteiger partial charge in [-0.15, -0.1) is 5.10 Å². The van der Waals surface area contributed by atoms with Crippen molar-refractivity contribution < 1.29 is 0 Å². The number of hydrogen-bond donors (Lipinski definition) is 1. The molecule has 0 amide bonds. The van der Waals surface area contributed by atoms with Crippen molar-refractivity contribution in [3.63, 3.8) is 0 Å². The minimum absolute atomic E-state index is 0.371. The van der Waals surface area contributed by atoms with Crippen molar-refractivity contribution in [2.75, 3.05) is 7.05 Å². The van der Waals surface area contributed by atoms with Gasteiger partial charge in [0.15, 0.2) is 5.82 Å². The number of benzene rings is 1. The second kappa shape index (κ2) is 5.61. The number of pyridine rings is 1. The molecule has 3 aromatic rings. The van der Waals surface area contributed by atoms with E-state index in [-0.39, 0.29) is 0 Å². The van der Waals surface area contributed by atoms with Crippen LogP contribution in [-0.2, 0) is 6.54 Å². The number of nitrogens with one attached hydrogen (secondary N) is 1. The Morgan fingerprint density at radius 1 is 1.19 bits per heavy atom. The fraction of sp³-hybridized carbons (Fsp3) is 0.312. The SMILES string of the molecule is CNCc1cc(C(C)C)nc(-n2nnc3ccccc32)c1. The van der Waals surface area contributed by atoms with Gasteiger partial charge in [0, 0.05) is 12.2 Å². The lowest BCUT2D eigenvalue weighted by Crippen LogP contribution is -2.10. The van der Waals surface area contributed by atoms with Gasteiger partial charge in [0.2, 0.25) is 0 Å². The summed E-state index contributed by atoms with van der Waals surface area (Å²) in [7, 11) is 1.94. The maximum Gasteiger partial charge on any atom is 0.156 e. The van der Waals surface area contributed by atoms with Crippen LogP contribution in [0.3, 0.4) is 0 Å². The van der Waals surface area contributed by atoms with E-state index in [1.54, 1.807) is 4.68 Å². The van der Waals surface area contributed by atoms with Gasteiger partial charge in [0.25, 0.3) is 0 Å². The van der Waals surface area contributed by atoms with Crippen LogP contribution in [-0.4, -0.2) is 27.0 Å². The summed E-state index contributed by atoms with van der Waals surface area (Å²) in [6.07, 6.45) is 0. The van der Waals surface area contributed by atoms with Crippen molar-refractivity contribution in [3.8, 4) is 5.82 Å². The van der Waals surface area contributed by atoms with E-state index in [0.717, 1.165) is 29.1 Å². The van der Waals surface area contributed by atoms with Gasteiger partial charge in [0.05, 0.1) is 5.52 Å². The molecule has 0 radical (unpaired) electrons. The molecule has 0 aliphatic rings. The van der Waals surface area contributed by atoms with E-state index in [9.17, 15) is 0 Å². The van der Waals surface area contributed by atoms with Crippen LogP contribution in [0.5, 0.6) is 0 Å². The molecule has 0 spiro atoms. The molecule has 0 unspecified atom stereocenters. The predicted octanol–water partition coefficient (Wildman–Crippen LogP) is 2.66. The van der Waals surface area contributed by atoms with Crippen molar-refractivity contribution in [1.29, 1.82) is 0 Å². The molecule has 0 aliphatic carbocycles. The summed E-state index contributed by atoms with van der Waals surface area (Å²) in [6, 6.07) is 12.1. The normalized spacial score (nSPS) is 11.4. The van der Waals surface area contributed by atoms with Crippen LogP contribution < -0.4 is 5.32 Å². The summed E-state index contributed by atoms with van der Waals surface area (Å²) in [5.41, 5.74) is 4.12. The molecule has 2 aromatic heterocycles. The predicted molar refractivity (Wildman–Crippen MR) is 83.5 cm³/mol. The van der Waals surface area contributed by atoms with E-state index >= 15 is 0 Å². The smallest absolute Gasteiger partial charge is 0.156 e. The van der Waals surface area contributed by atoms with Gasteiger partial charge in [-0.2, -0.15) is 4.68 Å². The van der Waals surface area contributed by atoms with Crippen LogP contribution in [0.15, 0.2) is 36.4 Å². The number of para-hydroxylation sites is 1. The molecular formula is C16H19N5. The average molecular weight is 281 g/mol. The highest BCUT2D eigenvalue weighted by Gasteiger charge is 2.11. The van der Waals surface area contributed by atoms with Crippen molar-refractivity contribution in [2.24, 2.45) is 0 Å². The van der Waals surface area contributed by atoms with Crippen LogP contribution in [0, 0.1) is 0 Å². The van der Waals surface area contributed by atoms with Crippen LogP contribution in [0.2, 0.25) is 0 Å². The Labute approximate surface area is 124 Å². The molecule has 3 rings (SSSR count). The Hall–Kier alpha value is -2.27. The maximum atomic E-state index is 4.74. The minimum Gasteiger partial charge on any atom is -0.316 e. The van der Waals surface area contributed by atoms with Gasteiger partial charge in [-0.05, 0) is 42.8 Å². The lowest BCUT2D eigenvalue weighted by atomic mass is 10.1. The van der Waals surface area contributed by atoms with Crippen molar-refractivity contribution in [3.05, 3.63) is 47.7 Å². The maximum absolute atomic E-state index is 4.74. The molecule has 108 valence electrons. The van der Waals surface area contributed by atoms with Gasteiger partial charge in [-0.3, -0.25) is 0 Å². The summed E-state index contributed by atoms with van der Waals surface area (Å²) in [5, 5.41) is 11.6. The molecule has 0 saturated heterocycles. The standard InChI is InChI=1S/C16H19N5/c1-11(2)14-8-12(10-17-3)9-16(18-14)21-15-7-5-4-6-13(15)19-20-21/h4-9,11,17H,10H2,1-3H3. The average Bonchev–Trinajstić information content (AvgIpc) is 2.91. The summed E-state index contributed by atoms with van der Waals surface area (Å²) < 4.78 is 1.81. The highest BCUT2D eigenvalue weighted by atomic mass is 15.4. The van der Waals surface area contributed by atoms with Gasteiger partial charge in [-0.25, -0.2) is 4.98 Å². The van der Waals surface area contributed by atoms with Crippen LogP contribution in [0.1, 0.15) is 31.0 Å². The molecular weight excluding hydrogens is 262 g/mol. The quantitative estimate of drug-likeness (QED) is 0.799. The van der Waals surface area contributed by atoms with E-state index in [1.165, 1.54) is 5.56 Å². The zero-order valence-corrected chi connectivity index (χ0v) is 12.5. The summed E-state index contributed by atoms with van der Waals surface area (Å²) in [4.78, 5) is 4.74. The number of aromatic nitrogens is 4. The van der Waals surface area contributed by atoms with Crippen molar-refractivity contribution in [1.82, 2.24) is 25.3 Å². The lowest BCUT2D eigenvalue weighted by Gasteiger charge is -2.11. The van der Waals surface area contributed by atoms with Gasteiger partial charge >= 0.3 is 0 Å². The van der Waals surface area contributed by atoms with Gasteiger partial charge in [0.1, 0.15) is 5.52 Å². The van der Waals surface area contributed by atoms with E-state index < -0.39 is 0 Å². The lowest BCUT2D eigenvalue weighted by molar-refractivity contribution is 0.750. The Morgan fingerprint density at radius 2 is 2.00 bits per heavy atom. The number of rotatable bonds is 4. The van der Waals surface area contributed by atoms with Crippen molar-refractivity contribution >= 4 is 11.0 Å². The van der Waals surface area contributed by atoms with Crippen LogP contribution in [0.4, 0.5) is 0 Å². The van der Waals surface area contributed by atoms with E-state index in [0.29, 0.717) is 5.92 Å². The molecule has 21 heavy (non-hydrogen) atoms. The Morgan fingerprint density at radius 3 is 2.76 bits per heavy atom. The molecule has 0 saturated carbocycles. The van der Waals surface area contributed by atoms with Crippen LogP contribution >= 0.6 is 0 Å². The first-order chi connectivity index (χ1) is 10.2. The largest absolute Gasteiger partial charge is 0.316 e. The van der Waals surface area contributed by atoms with E-state index in [2.05, 4.69) is 41.6 Å². The first-order valence-electron chi connectivity index (χ1n) is 7.15. The molecule has 0 fully saturated rings. The first-order valence-corrected chi connectivity index (χ1v) is 7.15. The third kappa shape index (κ3) is 2.64. The van der Waals surface area contributed by atoms with E-state index in [1.807, 2.05) is 31.3 Å². The zero-order chi connectivity index (χ0) is 14.8. The van der Waals surface area contributed by atoms with Crippen LogP contribution in [0.25, 0.3) is 16.9 Å². The van der Waals surface area contributed by atoms with E-state index in [4.69, 9.17) is 4.98 Å². The summed E-state index contributed by atoms with van der Waals surface area (Å²) >= 11 is 0. The first kappa shape index (κ1) is 13.7. The Bertz CT molecular complexity index is 760. The number of nitrogens with zero attached hydrogens (tertiary/aromatic N) is 4.